The van der Waals surface area contributed by atoms with Gasteiger partial charge in [0.2, 0.25) is 0 Å². The van der Waals surface area contributed by atoms with Gasteiger partial charge in [0.25, 0.3) is 0 Å². The van der Waals surface area contributed by atoms with E-state index in [9.17, 15) is 4.79 Å². The fraction of sp³-hybridized carbons (Fsp3) is 0.286. The molecule has 2 aromatic rings. The number of para-hydroxylation sites is 1. The van der Waals surface area contributed by atoms with E-state index >= 15 is 0 Å². The first-order chi connectivity index (χ1) is 8.81. The van der Waals surface area contributed by atoms with Gasteiger partial charge in [-0.3, -0.25) is 9.48 Å². The lowest BCUT2D eigenvalue weighted by atomic mass is 10.1. The van der Waals surface area contributed by atoms with Crippen molar-refractivity contribution in [2.75, 3.05) is 6.61 Å². The molecule has 0 unspecified atom stereocenters. The Morgan fingerprint density at radius 2 is 2.17 bits per heavy atom. The van der Waals surface area contributed by atoms with Gasteiger partial charge in [0, 0.05) is 18.8 Å². The first-order valence-electron chi connectivity index (χ1n) is 6.03. The molecule has 0 spiro atoms. The second-order valence-electron chi connectivity index (χ2n) is 3.89. The molecule has 0 aliphatic carbocycles. The van der Waals surface area contributed by atoms with Crippen molar-refractivity contribution in [3.05, 3.63) is 48.3 Å². The summed E-state index contributed by atoms with van der Waals surface area (Å²) < 4.78 is 7.45. The molecule has 0 saturated heterocycles. The van der Waals surface area contributed by atoms with Gasteiger partial charge < -0.3 is 4.74 Å². The van der Waals surface area contributed by atoms with Crippen molar-refractivity contribution in [2.45, 2.75) is 19.9 Å². The summed E-state index contributed by atoms with van der Waals surface area (Å²) >= 11 is 0. The lowest BCUT2D eigenvalue weighted by Gasteiger charge is -2.10. The summed E-state index contributed by atoms with van der Waals surface area (Å²) in [6.07, 6.45) is 4.10. The monoisotopic (exact) mass is 244 g/mol. The summed E-state index contributed by atoms with van der Waals surface area (Å²) in [6, 6.07) is 9.22. The average molecular weight is 244 g/mol. The van der Waals surface area contributed by atoms with E-state index in [1.54, 1.807) is 16.9 Å². The minimum Gasteiger partial charge on any atom is -0.491 e. The number of hydrogen-bond donors (Lipinski definition) is 0. The molecule has 0 fully saturated rings. The highest BCUT2D eigenvalue weighted by Crippen LogP contribution is 2.19. The quantitative estimate of drug-likeness (QED) is 0.733. The molecule has 0 aliphatic rings. The lowest BCUT2D eigenvalue weighted by Crippen LogP contribution is -2.10. The Labute approximate surface area is 106 Å². The van der Waals surface area contributed by atoms with Gasteiger partial charge in [0.1, 0.15) is 12.4 Å². The molecule has 0 aliphatic heterocycles. The van der Waals surface area contributed by atoms with Crippen LogP contribution < -0.4 is 4.74 Å². The largest absolute Gasteiger partial charge is 0.491 e. The van der Waals surface area contributed by atoms with Gasteiger partial charge in [-0.05, 0) is 18.2 Å². The van der Waals surface area contributed by atoms with E-state index < -0.39 is 0 Å². The molecule has 0 saturated carbocycles. The lowest BCUT2D eigenvalue weighted by molar-refractivity contribution is 0.0984. The van der Waals surface area contributed by atoms with E-state index in [0.29, 0.717) is 30.9 Å². The van der Waals surface area contributed by atoms with Crippen LogP contribution in [0.25, 0.3) is 0 Å². The van der Waals surface area contributed by atoms with Crippen molar-refractivity contribution >= 4 is 5.78 Å². The molecule has 94 valence electrons. The molecule has 1 heterocycles. The van der Waals surface area contributed by atoms with E-state index in [1.807, 2.05) is 37.4 Å². The predicted octanol–water partition coefficient (Wildman–Crippen LogP) is 2.55. The van der Waals surface area contributed by atoms with E-state index in [0.717, 1.165) is 0 Å². The fourth-order valence-corrected chi connectivity index (χ4v) is 1.70. The van der Waals surface area contributed by atoms with E-state index in [-0.39, 0.29) is 5.78 Å². The first kappa shape index (κ1) is 12.4. The van der Waals surface area contributed by atoms with Gasteiger partial charge in [-0.25, -0.2) is 0 Å². The summed E-state index contributed by atoms with van der Waals surface area (Å²) in [4.78, 5) is 11.7. The van der Waals surface area contributed by atoms with Crippen LogP contribution in [0.4, 0.5) is 0 Å². The van der Waals surface area contributed by atoms with Crippen LogP contribution in [0.2, 0.25) is 0 Å². The zero-order valence-corrected chi connectivity index (χ0v) is 10.4. The van der Waals surface area contributed by atoms with Crippen LogP contribution in [-0.4, -0.2) is 22.2 Å². The molecular formula is C14H16N2O2. The smallest absolute Gasteiger partial charge is 0.166 e. The van der Waals surface area contributed by atoms with Gasteiger partial charge in [0.15, 0.2) is 5.78 Å². The van der Waals surface area contributed by atoms with E-state index in [1.165, 1.54) is 0 Å². The molecule has 1 aromatic carbocycles. The highest BCUT2D eigenvalue weighted by atomic mass is 16.5. The van der Waals surface area contributed by atoms with Gasteiger partial charge in [-0.2, -0.15) is 5.10 Å². The van der Waals surface area contributed by atoms with Crippen molar-refractivity contribution in [1.82, 2.24) is 9.78 Å². The third kappa shape index (κ3) is 2.97. The number of Topliss-reactive ketones (excluding diaryl/α,β-unsaturated/α-hetero) is 1. The Hall–Kier alpha value is -2.10. The van der Waals surface area contributed by atoms with Gasteiger partial charge in [0.05, 0.1) is 12.1 Å². The average Bonchev–Trinajstić information content (AvgIpc) is 2.92. The number of benzene rings is 1. The fourth-order valence-electron chi connectivity index (χ4n) is 1.70. The zero-order chi connectivity index (χ0) is 12.8. The van der Waals surface area contributed by atoms with E-state index in [2.05, 4.69) is 5.10 Å². The summed E-state index contributed by atoms with van der Waals surface area (Å²) in [6.45, 7) is 3.01. The highest BCUT2D eigenvalue weighted by molar-refractivity contribution is 5.98. The van der Waals surface area contributed by atoms with Crippen molar-refractivity contribution in [3.63, 3.8) is 0 Å². The van der Waals surface area contributed by atoms with E-state index in [4.69, 9.17) is 4.74 Å². The number of ether oxygens (including phenoxy) is 1. The number of nitrogens with zero attached hydrogens (tertiary/aromatic N) is 2. The van der Waals surface area contributed by atoms with Gasteiger partial charge in [-0.1, -0.05) is 19.1 Å². The number of carbonyl (C=O) groups excluding carboxylic acids is 1. The Morgan fingerprint density at radius 3 is 2.89 bits per heavy atom. The number of aromatic nitrogens is 2. The minimum absolute atomic E-state index is 0.102. The van der Waals surface area contributed by atoms with Crippen molar-refractivity contribution in [3.8, 4) is 5.75 Å². The van der Waals surface area contributed by atoms with Crippen LogP contribution in [0.1, 0.15) is 23.7 Å². The molecule has 0 N–H and O–H groups in total. The Balaban J connectivity index is 1.98. The Morgan fingerprint density at radius 1 is 1.33 bits per heavy atom. The third-order valence-electron chi connectivity index (χ3n) is 2.65. The summed E-state index contributed by atoms with van der Waals surface area (Å²) in [7, 11) is 0. The summed E-state index contributed by atoms with van der Waals surface area (Å²) in [5.41, 5.74) is 0.653. The van der Waals surface area contributed by atoms with Crippen LogP contribution in [0.5, 0.6) is 5.75 Å². The third-order valence-corrected chi connectivity index (χ3v) is 2.65. The number of rotatable bonds is 6. The maximum absolute atomic E-state index is 11.7. The molecule has 1 aromatic heterocycles. The van der Waals surface area contributed by atoms with Crippen LogP contribution >= 0.6 is 0 Å². The molecule has 4 nitrogen and oxygen atoms in total. The maximum atomic E-state index is 11.7. The second-order valence-corrected chi connectivity index (χ2v) is 3.89. The van der Waals surface area contributed by atoms with Crippen LogP contribution in [0.3, 0.4) is 0 Å². The topological polar surface area (TPSA) is 44.1 Å². The maximum Gasteiger partial charge on any atom is 0.166 e. The standard InChI is InChI=1S/C14H16N2O2/c1-2-13(17)12-6-3-4-7-14(12)18-11-10-16-9-5-8-15-16/h3-9H,2,10-11H2,1H3. The Kier molecular flexibility index (Phi) is 4.12. The van der Waals surface area contributed by atoms with Crippen LogP contribution in [-0.2, 0) is 6.54 Å². The summed E-state index contributed by atoms with van der Waals surface area (Å²) in [5.74, 6) is 0.751. The normalized spacial score (nSPS) is 10.3. The van der Waals surface area contributed by atoms with Crippen molar-refractivity contribution < 1.29 is 9.53 Å². The molecule has 0 radical (unpaired) electrons. The van der Waals surface area contributed by atoms with Crippen molar-refractivity contribution in [2.24, 2.45) is 0 Å². The molecule has 0 atom stereocenters. The number of hydrogen-bond acceptors (Lipinski definition) is 3. The zero-order valence-electron chi connectivity index (χ0n) is 10.4. The predicted molar refractivity (Wildman–Crippen MR) is 68.8 cm³/mol. The molecular weight excluding hydrogens is 228 g/mol. The molecule has 18 heavy (non-hydrogen) atoms. The molecule has 0 bridgehead atoms. The molecule has 2 rings (SSSR count). The minimum atomic E-state index is 0.102. The van der Waals surface area contributed by atoms with Crippen LogP contribution in [0, 0.1) is 0 Å². The number of ketones is 1. The highest BCUT2D eigenvalue weighted by Gasteiger charge is 2.09. The first-order valence-corrected chi connectivity index (χ1v) is 6.03. The second kappa shape index (κ2) is 6.00. The molecule has 4 heteroatoms. The van der Waals surface area contributed by atoms with Crippen LogP contribution in [0.15, 0.2) is 42.7 Å². The number of carbonyl (C=O) groups is 1. The van der Waals surface area contributed by atoms with Gasteiger partial charge in [-0.15, -0.1) is 0 Å². The van der Waals surface area contributed by atoms with Gasteiger partial charge >= 0.3 is 0 Å². The van der Waals surface area contributed by atoms with Crippen molar-refractivity contribution in [1.29, 1.82) is 0 Å². The summed E-state index contributed by atoms with van der Waals surface area (Å²) in [5, 5.41) is 4.09. The SMILES string of the molecule is CCC(=O)c1ccccc1OCCn1cccn1. The molecule has 0 amide bonds. The Bertz CT molecular complexity index is 506.